The molecule has 1 heterocycles. The van der Waals surface area contributed by atoms with Crippen LogP contribution in [-0.4, -0.2) is 4.98 Å². The average molecular weight is 309 g/mol. The molecule has 0 aliphatic carbocycles. The van der Waals surface area contributed by atoms with Gasteiger partial charge in [-0.2, -0.15) is 0 Å². The van der Waals surface area contributed by atoms with E-state index in [0.717, 1.165) is 21.4 Å². The lowest BCUT2D eigenvalue weighted by Crippen LogP contribution is -2.09. The maximum atomic E-state index is 12.8. The van der Waals surface area contributed by atoms with E-state index in [2.05, 4.69) is 26.2 Å². The standard InChI is InChI=1S/C14H14BrFN2/c1-9-7-11(15)3-5-13(9)18-10(2)14-6-4-12(16)8-17-14/h3-8,10,18H,1-2H3. The van der Waals surface area contributed by atoms with Gasteiger partial charge in [0.05, 0.1) is 17.9 Å². The van der Waals surface area contributed by atoms with Gasteiger partial charge in [-0.3, -0.25) is 4.98 Å². The fourth-order valence-electron chi connectivity index (χ4n) is 1.74. The highest BCUT2D eigenvalue weighted by atomic mass is 79.9. The molecular formula is C14H14BrFN2. The summed E-state index contributed by atoms with van der Waals surface area (Å²) >= 11 is 3.43. The number of anilines is 1. The van der Waals surface area contributed by atoms with E-state index in [0.29, 0.717) is 0 Å². The number of aryl methyl sites for hydroxylation is 1. The molecule has 18 heavy (non-hydrogen) atoms. The maximum Gasteiger partial charge on any atom is 0.141 e. The van der Waals surface area contributed by atoms with Gasteiger partial charge in [0.1, 0.15) is 5.82 Å². The molecule has 0 bridgehead atoms. The summed E-state index contributed by atoms with van der Waals surface area (Å²) in [5.41, 5.74) is 3.02. The lowest BCUT2D eigenvalue weighted by atomic mass is 10.1. The molecular weight excluding hydrogens is 295 g/mol. The Bertz CT molecular complexity index is 540. The molecule has 1 atom stereocenters. The van der Waals surface area contributed by atoms with Crippen molar-refractivity contribution in [1.29, 1.82) is 0 Å². The predicted molar refractivity (Wildman–Crippen MR) is 75.1 cm³/mol. The van der Waals surface area contributed by atoms with Crippen molar-refractivity contribution in [1.82, 2.24) is 4.98 Å². The zero-order valence-electron chi connectivity index (χ0n) is 10.2. The van der Waals surface area contributed by atoms with Gasteiger partial charge in [-0.25, -0.2) is 4.39 Å². The van der Waals surface area contributed by atoms with E-state index in [1.54, 1.807) is 6.07 Å². The van der Waals surface area contributed by atoms with Crippen molar-refractivity contribution in [2.24, 2.45) is 0 Å². The van der Waals surface area contributed by atoms with Gasteiger partial charge in [0.2, 0.25) is 0 Å². The summed E-state index contributed by atoms with van der Waals surface area (Å²) in [5, 5.41) is 3.37. The Morgan fingerprint density at radius 1 is 1.28 bits per heavy atom. The molecule has 4 heteroatoms. The van der Waals surface area contributed by atoms with Crippen molar-refractivity contribution >= 4 is 21.6 Å². The minimum atomic E-state index is -0.314. The molecule has 1 unspecified atom stereocenters. The van der Waals surface area contributed by atoms with Gasteiger partial charge in [0, 0.05) is 10.2 Å². The molecule has 1 aromatic heterocycles. The number of pyridine rings is 1. The van der Waals surface area contributed by atoms with Crippen LogP contribution in [0.3, 0.4) is 0 Å². The van der Waals surface area contributed by atoms with Gasteiger partial charge in [-0.05, 0) is 49.7 Å². The summed E-state index contributed by atoms with van der Waals surface area (Å²) in [5.74, 6) is -0.314. The van der Waals surface area contributed by atoms with Crippen molar-refractivity contribution in [3.05, 3.63) is 58.1 Å². The fourth-order valence-corrected chi connectivity index (χ4v) is 2.22. The Hall–Kier alpha value is -1.42. The molecule has 1 N–H and O–H groups in total. The topological polar surface area (TPSA) is 24.9 Å². The molecule has 0 amide bonds. The third-order valence-corrected chi connectivity index (χ3v) is 3.25. The molecule has 0 fully saturated rings. The van der Waals surface area contributed by atoms with Gasteiger partial charge < -0.3 is 5.32 Å². The van der Waals surface area contributed by atoms with Gasteiger partial charge in [0.15, 0.2) is 0 Å². The number of nitrogens with zero attached hydrogens (tertiary/aromatic N) is 1. The first-order valence-corrected chi connectivity index (χ1v) is 6.49. The number of aromatic nitrogens is 1. The van der Waals surface area contributed by atoms with Crippen LogP contribution in [-0.2, 0) is 0 Å². The van der Waals surface area contributed by atoms with Crippen molar-refractivity contribution < 1.29 is 4.39 Å². The Labute approximate surface area is 114 Å². The molecule has 0 saturated carbocycles. The Morgan fingerprint density at radius 3 is 2.67 bits per heavy atom. The highest BCUT2D eigenvalue weighted by molar-refractivity contribution is 9.10. The van der Waals surface area contributed by atoms with E-state index in [1.807, 2.05) is 32.0 Å². The summed E-state index contributed by atoms with van der Waals surface area (Å²) in [6.07, 6.45) is 1.24. The van der Waals surface area contributed by atoms with Gasteiger partial charge in [-0.15, -0.1) is 0 Å². The van der Waals surface area contributed by atoms with E-state index < -0.39 is 0 Å². The van der Waals surface area contributed by atoms with Gasteiger partial charge >= 0.3 is 0 Å². The lowest BCUT2D eigenvalue weighted by Gasteiger charge is -2.16. The summed E-state index contributed by atoms with van der Waals surface area (Å²) in [4.78, 5) is 4.07. The quantitative estimate of drug-likeness (QED) is 0.905. The van der Waals surface area contributed by atoms with E-state index in [-0.39, 0.29) is 11.9 Å². The van der Waals surface area contributed by atoms with Crippen LogP contribution in [0, 0.1) is 12.7 Å². The average Bonchev–Trinajstić information content (AvgIpc) is 2.33. The maximum absolute atomic E-state index is 12.8. The van der Waals surface area contributed by atoms with E-state index in [9.17, 15) is 4.39 Å². The first-order chi connectivity index (χ1) is 8.56. The van der Waals surface area contributed by atoms with Gasteiger partial charge in [0.25, 0.3) is 0 Å². The lowest BCUT2D eigenvalue weighted by molar-refractivity contribution is 0.617. The second-order valence-corrected chi connectivity index (χ2v) is 5.14. The van der Waals surface area contributed by atoms with Crippen LogP contribution in [0.25, 0.3) is 0 Å². The molecule has 0 aliphatic heterocycles. The molecule has 0 radical (unpaired) electrons. The molecule has 0 aliphatic rings. The largest absolute Gasteiger partial charge is 0.377 e. The smallest absolute Gasteiger partial charge is 0.141 e. The van der Waals surface area contributed by atoms with Crippen molar-refractivity contribution in [3.63, 3.8) is 0 Å². The fraction of sp³-hybridized carbons (Fsp3) is 0.214. The Balaban J connectivity index is 2.15. The summed E-state index contributed by atoms with van der Waals surface area (Å²) in [7, 11) is 0. The van der Waals surface area contributed by atoms with Crippen LogP contribution in [0.1, 0.15) is 24.2 Å². The molecule has 2 nitrogen and oxygen atoms in total. The van der Waals surface area contributed by atoms with Crippen molar-refractivity contribution in [2.75, 3.05) is 5.32 Å². The number of rotatable bonds is 3. The van der Waals surface area contributed by atoms with E-state index >= 15 is 0 Å². The Kier molecular flexibility index (Phi) is 3.97. The van der Waals surface area contributed by atoms with Crippen LogP contribution in [0.4, 0.5) is 10.1 Å². The zero-order chi connectivity index (χ0) is 13.1. The summed E-state index contributed by atoms with van der Waals surface area (Å²) < 4.78 is 13.9. The van der Waals surface area contributed by atoms with E-state index in [4.69, 9.17) is 0 Å². The van der Waals surface area contributed by atoms with E-state index in [1.165, 1.54) is 12.3 Å². The SMILES string of the molecule is Cc1cc(Br)ccc1NC(C)c1ccc(F)cn1. The molecule has 0 spiro atoms. The number of halogens is 2. The van der Waals surface area contributed by atoms with Crippen molar-refractivity contribution in [3.8, 4) is 0 Å². The second-order valence-electron chi connectivity index (χ2n) is 4.23. The highest BCUT2D eigenvalue weighted by Crippen LogP contribution is 2.24. The third kappa shape index (κ3) is 3.07. The molecule has 94 valence electrons. The predicted octanol–water partition coefficient (Wildman–Crippen LogP) is 4.46. The molecule has 2 rings (SSSR count). The Morgan fingerprint density at radius 2 is 2.06 bits per heavy atom. The van der Waals surface area contributed by atoms with Crippen LogP contribution in [0.15, 0.2) is 41.0 Å². The molecule has 1 aromatic carbocycles. The first-order valence-electron chi connectivity index (χ1n) is 5.70. The van der Waals surface area contributed by atoms with Gasteiger partial charge in [-0.1, -0.05) is 15.9 Å². The van der Waals surface area contributed by atoms with Crippen LogP contribution in [0.5, 0.6) is 0 Å². The zero-order valence-corrected chi connectivity index (χ0v) is 11.8. The molecule has 0 saturated heterocycles. The summed E-state index contributed by atoms with van der Waals surface area (Å²) in [6.45, 7) is 4.04. The first kappa shape index (κ1) is 13.0. The minimum Gasteiger partial charge on any atom is -0.377 e. The molecule has 2 aromatic rings. The number of hydrogen-bond acceptors (Lipinski definition) is 2. The summed E-state index contributed by atoms with van der Waals surface area (Å²) in [6, 6.07) is 9.20. The monoisotopic (exact) mass is 308 g/mol. The van der Waals surface area contributed by atoms with Crippen molar-refractivity contribution in [2.45, 2.75) is 19.9 Å². The number of benzene rings is 1. The van der Waals surface area contributed by atoms with Crippen LogP contribution >= 0.6 is 15.9 Å². The minimum absolute atomic E-state index is 0.0328. The second kappa shape index (κ2) is 5.48. The number of hydrogen-bond donors (Lipinski definition) is 1. The normalized spacial score (nSPS) is 12.2. The number of nitrogens with one attached hydrogen (secondary N) is 1. The highest BCUT2D eigenvalue weighted by Gasteiger charge is 2.08. The van der Waals surface area contributed by atoms with Crippen LogP contribution < -0.4 is 5.32 Å². The van der Waals surface area contributed by atoms with Crippen LogP contribution in [0.2, 0.25) is 0 Å². The third-order valence-electron chi connectivity index (χ3n) is 2.75.